The van der Waals surface area contributed by atoms with E-state index in [4.69, 9.17) is 0 Å². The first kappa shape index (κ1) is 10.4. The third-order valence-corrected chi connectivity index (χ3v) is 4.11. The number of halogens is 1. The van der Waals surface area contributed by atoms with Crippen LogP contribution in [0.4, 0.5) is 0 Å². The van der Waals surface area contributed by atoms with Gasteiger partial charge in [-0.15, -0.1) is 0 Å². The van der Waals surface area contributed by atoms with E-state index in [9.17, 15) is 0 Å². The maximum absolute atomic E-state index is 3.58. The first-order valence-corrected chi connectivity index (χ1v) is 6.34. The summed E-state index contributed by atoms with van der Waals surface area (Å²) in [6.07, 6.45) is 3.99. The summed E-state index contributed by atoms with van der Waals surface area (Å²) < 4.78 is 1.36. The third-order valence-electron chi connectivity index (χ3n) is 2.89. The summed E-state index contributed by atoms with van der Waals surface area (Å²) >= 11 is 2.39. The van der Waals surface area contributed by atoms with E-state index in [1.165, 1.54) is 40.5 Å². The van der Waals surface area contributed by atoms with Gasteiger partial charge in [-0.1, -0.05) is 18.6 Å². The van der Waals surface area contributed by atoms with Gasteiger partial charge in [-0.05, 0) is 66.1 Å². The van der Waals surface area contributed by atoms with E-state index in [0.29, 0.717) is 6.04 Å². The number of hydrogen-bond donors (Lipinski definition) is 1. The van der Waals surface area contributed by atoms with Gasteiger partial charge in [0, 0.05) is 9.61 Å². The van der Waals surface area contributed by atoms with Crippen molar-refractivity contribution in [1.82, 2.24) is 5.32 Å². The molecule has 1 N–H and O–H groups in total. The van der Waals surface area contributed by atoms with Crippen LogP contribution in [0.2, 0.25) is 0 Å². The van der Waals surface area contributed by atoms with Gasteiger partial charge >= 0.3 is 0 Å². The van der Waals surface area contributed by atoms with Crippen LogP contribution in [0.15, 0.2) is 18.2 Å². The number of hydrogen-bond acceptors (Lipinski definition) is 1. The van der Waals surface area contributed by atoms with Gasteiger partial charge < -0.3 is 5.32 Å². The van der Waals surface area contributed by atoms with Crippen molar-refractivity contribution >= 4 is 22.6 Å². The van der Waals surface area contributed by atoms with Crippen molar-refractivity contribution in [2.75, 3.05) is 6.54 Å². The van der Waals surface area contributed by atoms with Crippen LogP contribution >= 0.6 is 22.6 Å². The number of aryl methyl sites for hydroxylation is 1. The number of piperidine rings is 1. The molecule has 0 spiro atoms. The van der Waals surface area contributed by atoms with Crippen molar-refractivity contribution in [3.63, 3.8) is 0 Å². The Morgan fingerprint density at radius 2 is 2.21 bits per heavy atom. The smallest absolute Gasteiger partial charge is 0.0320 e. The zero-order chi connectivity index (χ0) is 9.97. The summed E-state index contributed by atoms with van der Waals surface area (Å²) in [7, 11) is 0. The highest BCUT2D eigenvalue weighted by atomic mass is 127. The molecular weight excluding hydrogens is 285 g/mol. The lowest BCUT2D eigenvalue weighted by molar-refractivity contribution is 0.412. The van der Waals surface area contributed by atoms with Crippen LogP contribution in [0.25, 0.3) is 0 Å². The second-order valence-electron chi connectivity index (χ2n) is 4.01. The maximum atomic E-state index is 3.58. The standard InChI is InChI=1S/C12H16IN/c1-9-8-10(5-6-11(9)13)12-4-2-3-7-14-12/h5-6,8,12,14H,2-4,7H2,1H3/t12-/m1/s1. The molecule has 1 aromatic carbocycles. The molecule has 0 unspecified atom stereocenters. The molecule has 0 radical (unpaired) electrons. The normalized spacial score (nSPS) is 22.3. The molecule has 1 nitrogen and oxygen atoms in total. The van der Waals surface area contributed by atoms with Gasteiger partial charge in [0.15, 0.2) is 0 Å². The summed E-state index contributed by atoms with van der Waals surface area (Å²) in [5, 5.41) is 3.58. The highest BCUT2D eigenvalue weighted by Crippen LogP contribution is 2.24. The molecule has 1 aliphatic heterocycles. The Bertz CT molecular complexity index is 316. The monoisotopic (exact) mass is 301 g/mol. The Labute approximate surface area is 99.4 Å². The van der Waals surface area contributed by atoms with Crippen molar-refractivity contribution in [3.8, 4) is 0 Å². The van der Waals surface area contributed by atoms with Crippen LogP contribution in [0, 0.1) is 10.5 Å². The van der Waals surface area contributed by atoms with Crippen LogP contribution in [0.3, 0.4) is 0 Å². The molecule has 0 aromatic heterocycles. The summed E-state index contributed by atoms with van der Waals surface area (Å²) in [4.78, 5) is 0. The first-order chi connectivity index (χ1) is 6.77. The number of nitrogens with one attached hydrogen (secondary N) is 1. The molecule has 1 atom stereocenters. The summed E-state index contributed by atoms with van der Waals surface area (Å²) in [5.41, 5.74) is 2.86. The minimum Gasteiger partial charge on any atom is -0.310 e. The second-order valence-corrected chi connectivity index (χ2v) is 5.17. The van der Waals surface area contributed by atoms with E-state index in [2.05, 4.69) is 53.0 Å². The van der Waals surface area contributed by atoms with E-state index < -0.39 is 0 Å². The summed E-state index contributed by atoms with van der Waals surface area (Å²) in [6.45, 7) is 3.36. The highest BCUT2D eigenvalue weighted by Gasteiger charge is 2.14. The van der Waals surface area contributed by atoms with E-state index >= 15 is 0 Å². The van der Waals surface area contributed by atoms with Gasteiger partial charge in [-0.2, -0.15) is 0 Å². The molecule has 0 bridgehead atoms. The molecule has 1 aliphatic rings. The van der Waals surface area contributed by atoms with Crippen molar-refractivity contribution in [3.05, 3.63) is 32.9 Å². The fourth-order valence-electron chi connectivity index (χ4n) is 2.02. The summed E-state index contributed by atoms with van der Waals surface area (Å²) in [5.74, 6) is 0. The van der Waals surface area contributed by atoms with Crippen LogP contribution in [-0.2, 0) is 0 Å². The molecule has 76 valence electrons. The Morgan fingerprint density at radius 3 is 2.86 bits per heavy atom. The van der Waals surface area contributed by atoms with Gasteiger partial charge in [0.2, 0.25) is 0 Å². The van der Waals surface area contributed by atoms with Crippen LogP contribution in [-0.4, -0.2) is 6.54 Å². The van der Waals surface area contributed by atoms with Crippen molar-refractivity contribution < 1.29 is 0 Å². The molecule has 0 amide bonds. The SMILES string of the molecule is Cc1cc([C@H]2CCCCN2)ccc1I. The zero-order valence-electron chi connectivity index (χ0n) is 8.52. The minimum atomic E-state index is 0.597. The quantitative estimate of drug-likeness (QED) is 0.784. The van der Waals surface area contributed by atoms with Gasteiger partial charge in [-0.3, -0.25) is 0 Å². The van der Waals surface area contributed by atoms with Gasteiger partial charge in [-0.25, -0.2) is 0 Å². The van der Waals surface area contributed by atoms with Gasteiger partial charge in [0.05, 0.1) is 0 Å². The average molecular weight is 301 g/mol. The Balaban J connectivity index is 2.18. The maximum Gasteiger partial charge on any atom is 0.0320 e. The molecule has 1 aromatic rings. The Kier molecular flexibility index (Phi) is 3.44. The molecule has 2 rings (SSSR count). The predicted octanol–water partition coefficient (Wildman–Crippen LogP) is 3.41. The van der Waals surface area contributed by atoms with E-state index in [0.717, 1.165) is 0 Å². The fourth-order valence-corrected chi connectivity index (χ4v) is 2.36. The lowest BCUT2D eigenvalue weighted by atomic mass is 9.96. The molecule has 2 heteroatoms. The van der Waals surface area contributed by atoms with E-state index in [1.807, 2.05) is 0 Å². The largest absolute Gasteiger partial charge is 0.310 e. The topological polar surface area (TPSA) is 12.0 Å². The Hall–Kier alpha value is -0.0900. The third kappa shape index (κ3) is 2.28. The molecule has 0 saturated carbocycles. The van der Waals surface area contributed by atoms with Crippen molar-refractivity contribution in [2.45, 2.75) is 32.2 Å². The summed E-state index contributed by atoms with van der Waals surface area (Å²) in [6, 6.07) is 7.41. The molecule has 1 fully saturated rings. The van der Waals surface area contributed by atoms with Crippen molar-refractivity contribution in [1.29, 1.82) is 0 Å². The van der Waals surface area contributed by atoms with Gasteiger partial charge in [0.25, 0.3) is 0 Å². The Morgan fingerprint density at radius 1 is 1.36 bits per heavy atom. The predicted molar refractivity (Wildman–Crippen MR) is 68.5 cm³/mol. The van der Waals surface area contributed by atoms with E-state index in [-0.39, 0.29) is 0 Å². The first-order valence-electron chi connectivity index (χ1n) is 5.27. The minimum absolute atomic E-state index is 0.597. The van der Waals surface area contributed by atoms with Crippen LogP contribution in [0.5, 0.6) is 0 Å². The second kappa shape index (κ2) is 4.62. The van der Waals surface area contributed by atoms with Crippen LogP contribution in [0.1, 0.15) is 36.4 Å². The number of rotatable bonds is 1. The van der Waals surface area contributed by atoms with Crippen molar-refractivity contribution in [2.24, 2.45) is 0 Å². The lowest BCUT2D eigenvalue weighted by Gasteiger charge is -2.24. The molecule has 1 heterocycles. The fraction of sp³-hybridized carbons (Fsp3) is 0.500. The van der Waals surface area contributed by atoms with Crippen LogP contribution < -0.4 is 5.32 Å². The molecule has 1 saturated heterocycles. The lowest BCUT2D eigenvalue weighted by Crippen LogP contribution is -2.26. The molecule has 14 heavy (non-hydrogen) atoms. The number of benzene rings is 1. The average Bonchev–Trinajstić information content (AvgIpc) is 2.23. The molecular formula is C12H16IN. The van der Waals surface area contributed by atoms with E-state index in [1.54, 1.807) is 0 Å². The highest BCUT2D eigenvalue weighted by molar-refractivity contribution is 14.1. The molecule has 0 aliphatic carbocycles. The zero-order valence-corrected chi connectivity index (χ0v) is 10.7. The van der Waals surface area contributed by atoms with Gasteiger partial charge in [0.1, 0.15) is 0 Å².